The zero-order valence-electron chi connectivity index (χ0n) is 14.9. The fraction of sp³-hybridized carbons (Fsp3) is 0.556. The van der Waals surface area contributed by atoms with Gasteiger partial charge in [-0.05, 0) is 59.3 Å². The number of piperidine rings is 1. The number of hydrogen-bond donors (Lipinski definition) is 1. The average Bonchev–Trinajstić information content (AvgIpc) is 2.64. The van der Waals surface area contributed by atoms with E-state index in [1.54, 1.807) is 24.3 Å². The molecule has 1 fully saturated rings. The molecular formula is C18H22BrF3N2O2S. The van der Waals surface area contributed by atoms with E-state index < -0.39 is 30.0 Å². The first-order valence-electron chi connectivity index (χ1n) is 8.64. The summed E-state index contributed by atoms with van der Waals surface area (Å²) in [7, 11) is 0. The van der Waals surface area contributed by atoms with Crippen LogP contribution in [-0.2, 0) is 4.79 Å². The van der Waals surface area contributed by atoms with Gasteiger partial charge in [0.15, 0.2) is 0 Å². The normalized spacial score (nSPS) is 18.9. The van der Waals surface area contributed by atoms with Gasteiger partial charge in [-0.3, -0.25) is 9.59 Å². The van der Waals surface area contributed by atoms with Crippen LogP contribution in [0.1, 0.15) is 29.6 Å². The number of rotatable bonds is 6. The monoisotopic (exact) mass is 466 g/mol. The topological polar surface area (TPSA) is 49.4 Å². The van der Waals surface area contributed by atoms with Crippen molar-refractivity contribution in [2.75, 3.05) is 25.1 Å². The number of thioether (sulfide) groups is 1. The average molecular weight is 467 g/mol. The molecule has 1 heterocycles. The summed E-state index contributed by atoms with van der Waals surface area (Å²) in [5.74, 6) is -1.76. The van der Waals surface area contributed by atoms with Gasteiger partial charge in [0.1, 0.15) is 6.04 Å². The third kappa shape index (κ3) is 6.14. The van der Waals surface area contributed by atoms with E-state index in [0.29, 0.717) is 28.6 Å². The van der Waals surface area contributed by atoms with E-state index in [1.165, 1.54) is 16.7 Å². The molecule has 0 bridgehead atoms. The third-order valence-corrected chi connectivity index (χ3v) is 5.86. The molecule has 2 atom stereocenters. The predicted molar refractivity (Wildman–Crippen MR) is 104 cm³/mol. The summed E-state index contributed by atoms with van der Waals surface area (Å²) < 4.78 is 39.7. The Morgan fingerprint density at radius 3 is 2.70 bits per heavy atom. The molecule has 0 saturated carbocycles. The minimum absolute atomic E-state index is 0.0338. The minimum atomic E-state index is -4.31. The molecular weight excluding hydrogens is 445 g/mol. The summed E-state index contributed by atoms with van der Waals surface area (Å²) in [6, 6.07) is 5.96. The summed E-state index contributed by atoms with van der Waals surface area (Å²) in [4.78, 5) is 26.6. The number of likely N-dealkylation sites (tertiary alicyclic amines) is 1. The molecule has 2 rings (SSSR count). The van der Waals surface area contributed by atoms with Gasteiger partial charge in [-0.1, -0.05) is 12.1 Å². The molecule has 4 nitrogen and oxygen atoms in total. The van der Waals surface area contributed by atoms with Crippen LogP contribution in [0.25, 0.3) is 0 Å². The predicted octanol–water partition coefficient (Wildman–Crippen LogP) is 4.10. The fourth-order valence-corrected chi connectivity index (χ4v) is 3.98. The molecule has 27 heavy (non-hydrogen) atoms. The highest BCUT2D eigenvalue weighted by Crippen LogP contribution is 2.33. The van der Waals surface area contributed by atoms with Crippen LogP contribution in [0.5, 0.6) is 0 Å². The number of carbonyl (C=O) groups is 2. The molecule has 2 amide bonds. The largest absolute Gasteiger partial charge is 0.393 e. The fourth-order valence-electron chi connectivity index (χ4n) is 3.04. The van der Waals surface area contributed by atoms with Gasteiger partial charge in [-0.25, -0.2) is 0 Å². The van der Waals surface area contributed by atoms with Gasteiger partial charge in [0, 0.05) is 17.6 Å². The van der Waals surface area contributed by atoms with Gasteiger partial charge in [0.2, 0.25) is 5.91 Å². The highest BCUT2D eigenvalue weighted by molar-refractivity contribution is 9.10. The lowest BCUT2D eigenvalue weighted by Gasteiger charge is -2.35. The number of benzene rings is 1. The van der Waals surface area contributed by atoms with Crippen LogP contribution in [-0.4, -0.2) is 54.0 Å². The van der Waals surface area contributed by atoms with E-state index in [2.05, 4.69) is 21.2 Å². The third-order valence-electron chi connectivity index (χ3n) is 4.53. The molecule has 1 aromatic carbocycles. The molecule has 150 valence electrons. The summed E-state index contributed by atoms with van der Waals surface area (Å²) in [5.41, 5.74) is 0.381. The van der Waals surface area contributed by atoms with Gasteiger partial charge >= 0.3 is 6.18 Å². The Bertz CT molecular complexity index is 672. The Kier molecular flexibility index (Phi) is 8.03. The van der Waals surface area contributed by atoms with Gasteiger partial charge in [-0.2, -0.15) is 24.9 Å². The number of nitrogens with zero attached hydrogens (tertiary/aromatic N) is 1. The molecule has 1 aromatic rings. The maximum absolute atomic E-state index is 13.0. The van der Waals surface area contributed by atoms with Crippen LogP contribution in [0, 0.1) is 5.92 Å². The molecule has 0 aromatic heterocycles. The summed E-state index contributed by atoms with van der Waals surface area (Å²) >= 11 is 4.81. The van der Waals surface area contributed by atoms with E-state index >= 15 is 0 Å². The van der Waals surface area contributed by atoms with Crippen molar-refractivity contribution in [3.05, 3.63) is 34.3 Å². The van der Waals surface area contributed by atoms with E-state index in [-0.39, 0.29) is 19.5 Å². The van der Waals surface area contributed by atoms with Crippen molar-refractivity contribution in [2.45, 2.75) is 31.5 Å². The Labute approximate surface area is 169 Å². The van der Waals surface area contributed by atoms with E-state index in [4.69, 9.17) is 0 Å². The van der Waals surface area contributed by atoms with Crippen molar-refractivity contribution >= 4 is 39.5 Å². The number of alkyl halides is 3. The van der Waals surface area contributed by atoms with Gasteiger partial charge in [0.05, 0.1) is 11.5 Å². The van der Waals surface area contributed by atoms with Crippen molar-refractivity contribution in [2.24, 2.45) is 5.92 Å². The van der Waals surface area contributed by atoms with Crippen molar-refractivity contribution in [1.29, 1.82) is 0 Å². The smallest absolute Gasteiger partial charge is 0.340 e. The quantitative estimate of drug-likeness (QED) is 0.686. The number of amides is 2. The van der Waals surface area contributed by atoms with Crippen molar-refractivity contribution < 1.29 is 22.8 Å². The molecule has 9 heteroatoms. The second-order valence-electron chi connectivity index (χ2n) is 6.45. The summed E-state index contributed by atoms with van der Waals surface area (Å²) in [6.07, 6.45) is -1.73. The van der Waals surface area contributed by atoms with Crippen molar-refractivity contribution in [3.8, 4) is 0 Å². The van der Waals surface area contributed by atoms with E-state index in [9.17, 15) is 22.8 Å². The first-order chi connectivity index (χ1) is 12.7. The molecule has 0 spiro atoms. The molecule has 1 N–H and O–H groups in total. The SMILES string of the molecule is CSCC[C@H](NC(=O)c1ccccc1Br)C(=O)N1CCC[C@@H](C(F)(F)F)C1. The Hall–Kier alpha value is -1.22. The van der Waals surface area contributed by atoms with Crippen LogP contribution in [0.4, 0.5) is 13.2 Å². The molecule has 1 aliphatic rings. The summed E-state index contributed by atoms with van der Waals surface area (Å²) in [6.45, 7) is -0.0604. The van der Waals surface area contributed by atoms with Gasteiger partial charge in [0.25, 0.3) is 5.91 Å². The Morgan fingerprint density at radius 2 is 2.07 bits per heavy atom. The van der Waals surface area contributed by atoms with Crippen LogP contribution < -0.4 is 5.32 Å². The van der Waals surface area contributed by atoms with Crippen molar-refractivity contribution in [1.82, 2.24) is 10.2 Å². The lowest BCUT2D eigenvalue weighted by Crippen LogP contribution is -2.53. The molecule has 1 aliphatic heterocycles. The summed E-state index contributed by atoms with van der Waals surface area (Å²) in [5, 5.41) is 2.70. The maximum Gasteiger partial charge on any atom is 0.393 e. The molecule has 0 unspecified atom stereocenters. The van der Waals surface area contributed by atoms with Crippen LogP contribution in [0.3, 0.4) is 0 Å². The minimum Gasteiger partial charge on any atom is -0.340 e. The first-order valence-corrected chi connectivity index (χ1v) is 10.8. The molecule has 0 aliphatic carbocycles. The zero-order chi connectivity index (χ0) is 20.0. The van der Waals surface area contributed by atoms with Crippen LogP contribution in [0.2, 0.25) is 0 Å². The number of carbonyl (C=O) groups excluding carboxylic acids is 2. The van der Waals surface area contributed by atoms with E-state index in [1.807, 2.05) is 6.26 Å². The highest BCUT2D eigenvalue weighted by atomic mass is 79.9. The maximum atomic E-state index is 13.0. The second-order valence-corrected chi connectivity index (χ2v) is 8.29. The standard InChI is InChI=1S/C18H22BrF3N2O2S/c1-27-10-8-15(23-16(25)13-6-2-3-7-14(13)19)17(26)24-9-4-5-12(11-24)18(20,21)22/h2-3,6-7,12,15H,4-5,8-11H2,1H3,(H,23,25)/t12-,15+/m1/s1. The zero-order valence-corrected chi connectivity index (χ0v) is 17.3. The molecule has 1 saturated heterocycles. The number of hydrogen-bond acceptors (Lipinski definition) is 3. The second kappa shape index (κ2) is 9.82. The van der Waals surface area contributed by atoms with Crippen LogP contribution in [0.15, 0.2) is 28.7 Å². The highest BCUT2D eigenvalue weighted by Gasteiger charge is 2.43. The van der Waals surface area contributed by atoms with Gasteiger partial charge < -0.3 is 10.2 Å². The lowest BCUT2D eigenvalue weighted by atomic mass is 9.96. The Morgan fingerprint density at radius 1 is 1.37 bits per heavy atom. The first kappa shape index (κ1) is 22.1. The van der Waals surface area contributed by atoms with Crippen LogP contribution >= 0.6 is 27.7 Å². The van der Waals surface area contributed by atoms with Crippen molar-refractivity contribution in [3.63, 3.8) is 0 Å². The number of halogens is 4. The van der Waals surface area contributed by atoms with E-state index in [0.717, 1.165) is 0 Å². The Balaban J connectivity index is 2.11. The number of nitrogens with one attached hydrogen (secondary N) is 1. The molecule has 0 radical (unpaired) electrons. The lowest BCUT2D eigenvalue weighted by molar-refractivity contribution is -0.188. The van der Waals surface area contributed by atoms with Gasteiger partial charge in [-0.15, -0.1) is 0 Å².